The highest BCUT2D eigenvalue weighted by atomic mass is 16.5. The first-order chi connectivity index (χ1) is 11.9. The average molecular weight is 340 g/mol. The minimum atomic E-state index is -0.391. The number of esters is 1. The van der Waals surface area contributed by atoms with Crippen molar-refractivity contribution in [2.24, 2.45) is 0 Å². The summed E-state index contributed by atoms with van der Waals surface area (Å²) >= 11 is 0. The largest absolute Gasteiger partial charge is 0.506 e. The van der Waals surface area contributed by atoms with Crippen molar-refractivity contribution in [3.05, 3.63) is 47.5 Å². The minimum absolute atomic E-state index is 0.0967. The van der Waals surface area contributed by atoms with Crippen molar-refractivity contribution in [2.75, 3.05) is 11.5 Å². The number of carbonyl (C=O) groups excluding carboxylic acids is 1. The number of nitrogen functional groups attached to an aromatic ring is 2. The summed E-state index contributed by atoms with van der Waals surface area (Å²) in [6.45, 7) is 1.36. The van der Waals surface area contributed by atoms with Crippen molar-refractivity contribution in [1.82, 2.24) is 0 Å². The number of hydrogen-bond acceptors (Lipinski definition) is 5. The Morgan fingerprint density at radius 2 is 1.60 bits per heavy atom. The van der Waals surface area contributed by atoms with Gasteiger partial charge in [-0.3, -0.25) is 4.79 Å². The summed E-state index contributed by atoms with van der Waals surface area (Å²) in [4.78, 5) is 11.2. The highest BCUT2D eigenvalue weighted by Crippen LogP contribution is 2.47. The molecule has 1 aliphatic carbocycles. The van der Waals surface area contributed by atoms with E-state index in [9.17, 15) is 9.90 Å². The zero-order chi connectivity index (χ0) is 18.0. The van der Waals surface area contributed by atoms with Crippen molar-refractivity contribution >= 4 is 17.3 Å². The molecule has 25 heavy (non-hydrogen) atoms. The zero-order valence-corrected chi connectivity index (χ0v) is 14.4. The van der Waals surface area contributed by atoms with Gasteiger partial charge < -0.3 is 21.3 Å². The number of carbonyl (C=O) groups is 1. The quantitative estimate of drug-likeness (QED) is 0.342. The number of benzene rings is 2. The second kappa shape index (κ2) is 6.67. The summed E-state index contributed by atoms with van der Waals surface area (Å²) < 4.78 is 5.14. The molecule has 1 saturated carbocycles. The maximum atomic E-state index is 11.2. The van der Waals surface area contributed by atoms with E-state index in [-0.39, 0.29) is 11.2 Å². The lowest BCUT2D eigenvalue weighted by Crippen LogP contribution is -2.30. The standard InChI is InChI=1S/C20H24N2O3/c1-13(23)25-19-8-6-15(12-17(19)22)20(9-3-2-4-10-20)14-5-7-18(24)16(21)11-14/h5-8,11-12,24H,2-4,9-10,21-22H2,1H3. The van der Waals surface area contributed by atoms with E-state index in [2.05, 4.69) is 0 Å². The van der Waals surface area contributed by atoms with E-state index < -0.39 is 5.97 Å². The van der Waals surface area contributed by atoms with Gasteiger partial charge in [-0.05, 0) is 48.2 Å². The Bertz CT molecular complexity index is 796. The van der Waals surface area contributed by atoms with E-state index in [1.165, 1.54) is 13.3 Å². The Labute approximate surface area is 147 Å². The number of rotatable bonds is 3. The monoisotopic (exact) mass is 340 g/mol. The molecule has 2 aromatic rings. The Kier molecular flexibility index (Phi) is 4.57. The molecule has 1 aliphatic rings. The normalized spacial score (nSPS) is 16.4. The van der Waals surface area contributed by atoms with Gasteiger partial charge in [0.1, 0.15) is 5.75 Å². The smallest absolute Gasteiger partial charge is 0.308 e. The van der Waals surface area contributed by atoms with Crippen LogP contribution < -0.4 is 16.2 Å². The lowest BCUT2D eigenvalue weighted by Gasteiger charge is -2.39. The molecule has 132 valence electrons. The Hall–Kier alpha value is -2.69. The van der Waals surface area contributed by atoms with Crippen LogP contribution in [-0.4, -0.2) is 11.1 Å². The molecule has 0 atom stereocenters. The second-order valence-electron chi connectivity index (χ2n) is 6.76. The molecular weight excluding hydrogens is 316 g/mol. The summed E-state index contributed by atoms with van der Waals surface area (Å²) in [5.41, 5.74) is 14.9. The number of phenolic OH excluding ortho intramolecular Hbond substituents is 1. The summed E-state index contributed by atoms with van der Waals surface area (Å²) in [7, 11) is 0. The molecule has 0 aliphatic heterocycles. The van der Waals surface area contributed by atoms with Gasteiger partial charge in [-0.25, -0.2) is 0 Å². The predicted molar refractivity (Wildman–Crippen MR) is 98.5 cm³/mol. The van der Waals surface area contributed by atoms with Crippen LogP contribution in [0.5, 0.6) is 11.5 Å². The lowest BCUT2D eigenvalue weighted by molar-refractivity contribution is -0.131. The van der Waals surface area contributed by atoms with Crippen LogP contribution in [0.4, 0.5) is 11.4 Å². The van der Waals surface area contributed by atoms with Crippen LogP contribution in [0.15, 0.2) is 36.4 Å². The van der Waals surface area contributed by atoms with Crippen molar-refractivity contribution in [3.63, 3.8) is 0 Å². The van der Waals surface area contributed by atoms with Gasteiger partial charge in [-0.15, -0.1) is 0 Å². The van der Waals surface area contributed by atoms with Crippen LogP contribution in [0, 0.1) is 0 Å². The Balaban J connectivity index is 2.08. The fraction of sp³-hybridized carbons (Fsp3) is 0.350. The third-order valence-electron chi connectivity index (χ3n) is 5.10. The summed E-state index contributed by atoms with van der Waals surface area (Å²) in [6, 6.07) is 11.1. The van der Waals surface area contributed by atoms with Crippen molar-refractivity contribution in [1.29, 1.82) is 0 Å². The van der Waals surface area contributed by atoms with Gasteiger partial charge >= 0.3 is 5.97 Å². The van der Waals surface area contributed by atoms with Crippen molar-refractivity contribution < 1.29 is 14.6 Å². The number of phenols is 1. The van der Waals surface area contributed by atoms with Gasteiger partial charge in [0.25, 0.3) is 0 Å². The van der Waals surface area contributed by atoms with Crippen LogP contribution in [0.1, 0.15) is 50.2 Å². The van der Waals surface area contributed by atoms with Crippen LogP contribution in [0.2, 0.25) is 0 Å². The van der Waals surface area contributed by atoms with Gasteiger partial charge in [0.2, 0.25) is 0 Å². The molecule has 0 saturated heterocycles. The molecule has 5 heteroatoms. The number of aromatic hydroxyl groups is 1. The topological polar surface area (TPSA) is 98.6 Å². The first kappa shape index (κ1) is 17.1. The average Bonchev–Trinajstić information content (AvgIpc) is 2.59. The van der Waals surface area contributed by atoms with E-state index in [0.29, 0.717) is 17.1 Å². The van der Waals surface area contributed by atoms with E-state index in [1.807, 2.05) is 24.3 Å². The van der Waals surface area contributed by atoms with E-state index in [0.717, 1.165) is 36.8 Å². The maximum absolute atomic E-state index is 11.2. The molecule has 0 heterocycles. The van der Waals surface area contributed by atoms with Gasteiger partial charge in [0, 0.05) is 12.3 Å². The van der Waals surface area contributed by atoms with Gasteiger partial charge in [0.05, 0.1) is 11.4 Å². The molecule has 5 nitrogen and oxygen atoms in total. The molecule has 0 radical (unpaired) electrons. The number of anilines is 2. The summed E-state index contributed by atoms with van der Waals surface area (Å²) in [6.07, 6.45) is 5.42. The molecule has 0 aromatic heterocycles. The van der Waals surface area contributed by atoms with Gasteiger partial charge in [-0.2, -0.15) is 0 Å². The third kappa shape index (κ3) is 3.27. The maximum Gasteiger partial charge on any atom is 0.308 e. The van der Waals surface area contributed by atoms with Crippen molar-refractivity contribution in [3.8, 4) is 11.5 Å². The number of ether oxygens (including phenoxy) is 1. The fourth-order valence-electron chi connectivity index (χ4n) is 3.85. The highest BCUT2D eigenvalue weighted by molar-refractivity contribution is 5.72. The second-order valence-corrected chi connectivity index (χ2v) is 6.76. The number of nitrogens with two attached hydrogens (primary N) is 2. The van der Waals surface area contributed by atoms with Crippen LogP contribution in [-0.2, 0) is 10.2 Å². The summed E-state index contributed by atoms with van der Waals surface area (Å²) in [5, 5.41) is 9.77. The van der Waals surface area contributed by atoms with Gasteiger partial charge in [-0.1, -0.05) is 31.4 Å². The SMILES string of the molecule is CC(=O)Oc1ccc(C2(c3ccc(O)c(N)c3)CCCCC2)cc1N. The molecule has 0 spiro atoms. The number of hydrogen-bond donors (Lipinski definition) is 3. The fourth-order valence-corrected chi connectivity index (χ4v) is 3.85. The first-order valence-electron chi connectivity index (χ1n) is 8.60. The lowest BCUT2D eigenvalue weighted by atomic mass is 9.65. The molecule has 0 bridgehead atoms. The van der Waals surface area contributed by atoms with Crippen LogP contribution >= 0.6 is 0 Å². The Morgan fingerprint density at radius 1 is 1.00 bits per heavy atom. The van der Waals surface area contributed by atoms with E-state index >= 15 is 0 Å². The van der Waals surface area contributed by atoms with Crippen LogP contribution in [0.3, 0.4) is 0 Å². The first-order valence-corrected chi connectivity index (χ1v) is 8.60. The van der Waals surface area contributed by atoms with Crippen LogP contribution in [0.25, 0.3) is 0 Å². The molecule has 5 N–H and O–H groups in total. The van der Waals surface area contributed by atoms with Gasteiger partial charge in [0.15, 0.2) is 5.75 Å². The minimum Gasteiger partial charge on any atom is -0.506 e. The highest BCUT2D eigenvalue weighted by Gasteiger charge is 2.36. The summed E-state index contributed by atoms with van der Waals surface area (Å²) in [5.74, 6) is 0.0880. The zero-order valence-electron chi connectivity index (χ0n) is 14.4. The molecule has 1 fully saturated rings. The van der Waals surface area contributed by atoms with E-state index in [4.69, 9.17) is 16.2 Å². The van der Waals surface area contributed by atoms with E-state index in [1.54, 1.807) is 12.1 Å². The van der Waals surface area contributed by atoms with Crippen molar-refractivity contribution in [2.45, 2.75) is 44.4 Å². The Morgan fingerprint density at radius 3 is 2.16 bits per heavy atom. The molecule has 2 aromatic carbocycles. The molecule has 0 unspecified atom stereocenters. The molecule has 0 amide bonds. The molecule has 3 rings (SSSR count). The predicted octanol–water partition coefficient (Wildman–Crippen LogP) is 3.73. The molecular formula is C20H24N2O3. The third-order valence-corrected chi connectivity index (χ3v) is 5.10.